The van der Waals surface area contributed by atoms with Crippen molar-refractivity contribution in [2.45, 2.75) is 19.4 Å². The van der Waals surface area contributed by atoms with Crippen LogP contribution in [0.4, 0.5) is 4.39 Å². The number of benzene rings is 2. The molecule has 6 nitrogen and oxygen atoms in total. The summed E-state index contributed by atoms with van der Waals surface area (Å²) in [4.78, 5) is 17.3. The van der Waals surface area contributed by atoms with Crippen LogP contribution in [0.15, 0.2) is 59.6 Å². The molecule has 0 saturated heterocycles. The predicted molar refractivity (Wildman–Crippen MR) is 124 cm³/mol. The van der Waals surface area contributed by atoms with Crippen LogP contribution >= 0.6 is 11.3 Å². The minimum atomic E-state index is -0.678. The molecule has 2 aromatic carbocycles. The number of amides is 1. The number of carbonyl (C=O) groups excluding carboxylic acids is 1. The first kappa shape index (κ1) is 22.7. The zero-order valence-electron chi connectivity index (χ0n) is 17.4. The lowest BCUT2D eigenvalue weighted by atomic mass is 10.1. The molecule has 1 amide bonds. The highest BCUT2D eigenvalue weighted by Crippen LogP contribution is 2.29. The molecule has 1 heterocycles. The van der Waals surface area contributed by atoms with E-state index in [4.69, 9.17) is 0 Å². The molecule has 0 bridgehead atoms. The van der Waals surface area contributed by atoms with Gasteiger partial charge in [0.1, 0.15) is 11.9 Å². The van der Waals surface area contributed by atoms with Crippen LogP contribution in [0.5, 0.6) is 0 Å². The van der Waals surface area contributed by atoms with Crippen molar-refractivity contribution < 1.29 is 14.3 Å². The van der Waals surface area contributed by atoms with E-state index >= 15 is 0 Å². The molecule has 0 aliphatic rings. The second kappa shape index (κ2) is 11.4. The van der Waals surface area contributed by atoms with Gasteiger partial charge in [0.2, 0.25) is 5.91 Å². The van der Waals surface area contributed by atoms with Crippen LogP contribution in [0.1, 0.15) is 23.5 Å². The summed E-state index contributed by atoms with van der Waals surface area (Å²) in [6.45, 7) is 3.79. The highest BCUT2D eigenvalue weighted by molar-refractivity contribution is 7.19. The molecule has 0 spiro atoms. The number of thiophene rings is 1. The fraction of sp³-hybridized carbons (Fsp3) is 0.304. The summed E-state index contributed by atoms with van der Waals surface area (Å²) >= 11 is 1.57. The van der Waals surface area contributed by atoms with E-state index in [1.807, 2.05) is 37.3 Å². The summed E-state index contributed by atoms with van der Waals surface area (Å²) in [5.74, 6) is 0.132. The lowest BCUT2D eigenvalue weighted by molar-refractivity contribution is -0.120. The first-order chi connectivity index (χ1) is 15.0. The molecule has 0 aliphatic heterocycles. The number of fused-ring (bicyclic) bond motifs is 1. The van der Waals surface area contributed by atoms with Crippen molar-refractivity contribution in [3.8, 4) is 0 Å². The fourth-order valence-corrected chi connectivity index (χ4v) is 4.05. The summed E-state index contributed by atoms with van der Waals surface area (Å²) in [5, 5.41) is 20.7. The Morgan fingerprint density at radius 3 is 2.58 bits per heavy atom. The van der Waals surface area contributed by atoms with Gasteiger partial charge in [-0.05, 0) is 42.1 Å². The standard InChI is InChI=1S/C23H27FN4O2S/c1-2-25-23(27-12-11-26-22(30)13-16-7-9-18(24)10-8-16)28-15-19(29)21-14-17-5-3-4-6-20(17)31-21/h3-10,14,19,29H,2,11-13,15H2,1H3,(H,26,30)(H2,25,27,28). The van der Waals surface area contributed by atoms with E-state index in [-0.39, 0.29) is 24.7 Å². The highest BCUT2D eigenvalue weighted by Gasteiger charge is 2.11. The number of guanidine groups is 1. The number of carbonyl (C=O) groups is 1. The van der Waals surface area contributed by atoms with Gasteiger partial charge in [0.05, 0.1) is 13.0 Å². The van der Waals surface area contributed by atoms with Crippen LogP contribution in [-0.4, -0.2) is 43.2 Å². The quantitative estimate of drug-likeness (QED) is 0.233. The third kappa shape index (κ3) is 7.04. The summed E-state index contributed by atoms with van der Waals surface area (Å²) in [7, 11) is 0. The van der Waals surface area contributed by atoms with Crippen molar-refractivity contribution in [1.29, 1.82) is 0 Å². The second-order valence-electron chi connectivity index (χ2n) is 7.00. The van der Waals surface area contributed by atoms with E-state index in [0.29, 0.717) is 25.6 Å². The van der Waals surface area contributed by atoms with E-state index in [2.05, 4.69) is 20.9 Å². The Morgan fingerprint density at radius 1 is 1.10 bits per heavy atom. The van der Waals surface area contributed by atoms with Crippen LogP contribution in [0.2, 0.25) is 0 Å². The van der Waals surface area contributed by atoms with Crippen molar-refractivity contribution >= 4 is 33.3 Å². The zero-order chi connectivity index (χ0) is 22.1. The van der Waals surface area contributed by atoms with Gasteiger partial charge in [-0.25, -0.2) is 4.39 Å². The summed E-state index contributed by atoms with van der Waals surface area (Å²) in [6, 6.07) is 15.9. The minimum absolute atomic E-state index is 0.129. The Morgan fingerprint density at radius 2 is 1.84 bits per heavy atom. The molecule has 164 valence electrons. The molecule has 1 aromatic heterocycles. The van der Waals surface area contributed by atoms with Gasteiger partial charge in [0.25, 0.3) is 0 Å². The zero-order valence-corrected chi connectivity index (χ0v) is 18.2. The molecule has 0 saturated carbocycles. The number of hydrogen-bond acceptors (Lipinski definition) is 4. The van der Waals surface area contributed by atoms with Gasteiger partial charge in [0, 0.05) is 29.2 Å². The maximum Gasteiger partial charge on any atom is 0.224 e. The maximum absolute atomic E-state index is 12.9. The first-order valence-corrected chi connectivity index (χ1v) is 11.1. The average molecular weight is 443 g/mol. The van der Waals surface area contributed by atoms with Gasteiger partial charge in [-0.1, -0.05) is 30.3 Å². The van der Waals surface area contributed by atoms with Crippen molar-refractivity contribution in [3.63, 3.8) is 0 Å². The monoisotopic (exact) mass is 442 g/mol. The van der Waals surface area contributed by atoms with Gasteiger partial charge < -0.3 is 21.1 Å². The minimum Gasteiger partial charge on any atom is -0.386 e. The largest absolute Gasteiger partial charge is 0.386 e. The van der Waals surface area contributed by atoms with Crippen LogP contribution in [0.25, 0.3) is 10.1 Å². The Bertz CT molecular complexity index is 987. The molecular weight excluding hydrogens is 415 g/mol. The molecule has 3 aromatic rings. The number of aliphatic imine (C=N–C) groups is 1. The molecule has 1 unspecified atom stereocenters. The lowest BCUT2D eigenvalue weighted by Crippen LogP contribution is -2.42. The number of hydrogen-bond donors (Lipinski definition) is 4. The number of nitrogens with one attached hydrogen (secondary N) is 3. The van der Waals surface area contributed by atoms with E-state index in [0.717, 1.165) is 20.5 Å². The SMILES string of the molecule is CCNC(=NCC(O)c1cc2ccccc2s1)NCCNC(=O)Cc1ccc(F)cc1. The average Bonchev–Trinajstić information content (AvgIpc) is 3.21. The molecule has 8 heteroatoms. The number of aliphatic hydroxyl groups is 1. The second-order valence-corrected chi connectivity index (χ2v) is 8.12. The molecule has 0 aliphatic carbocycles. The molecule has 31 heavy (non-hydrogen) atoms. The van der Waals surface area contributed by atoms with Crippen molar-refractivity contribution in [2.75, 3.05) is 26.2 Å². The Balaban J connectivity index is 1.44. The Hall–Kier alpha value is -2.97. The molecule has 0 radical (unpaired) electrons. The molecular formula is C23H27FN4O2S. The maximum atomic E-state index is 12.9. The Kier molecular flexibility index (Phi) is 8.37. The Labute approximate surface area is 185 Å². The summed E-state index contributed by atoms with van der Waals surface area (Å²) in [6.07, 6.45) is -0.473. The van der Waals surface area contributed by atoms with Gasteiger partial charge in [-0.15, -0.1) is 11.3 Å². The molecule has 4 N–H and O–H groups in total. The predicted octanol–water partition coefficient (Wildman–Crippen LogP) is 2.99. The van der Waals surface area contributed by atoms with Crippen LogP contribution < -0.4 is 16.0 Å². The van der Waals surface area contributed by atoms with E-state index in [1.165, 1.54) is 12.1 Å². The van der Waals surface area contributed by atoms with Gasteiger partial charge in [0.15, 0.2) is 5.96 Å². The number of nitrogens with zero attached hydrogens (tertiary/aromatic N) is 1. The van der Waals surface area contributed by atoms with Gasteiger partial charge in [-0.2, -0.15) is 0 Å². The third-order valence-corrected chi connectivity index (χ3v) is 5.77. The van der Waals surface area contributed by atoms with Crippen LogP contribution in [-0.2, 0) is 11.2 Å². The van der Waals surface area contributed by atoms with Crippen molar-refractivity contribution in [2.24, 2.45) is 4.99 Å². The smallest absolute Gasteiger partial charge is 0.224 e. The highest BCUT2D eigenvalue weighted by atomic mass is 32.1. The van der Waals surface area contributed by atoms with E-state index in [1.54, 1.807) is 23.5 Å². The van der Waals surface area contributed by atoms with Crippen LogP contribution in [0.3, 0.4) is 0 Å². The number of halogens is 1. The fourth-order valence-electron chi connectivity index (χ4n) is 3.01. The first-order valence-electron chi connectivity index (χ1n) is 10.2. The van der Waals surface area contributed by atoms with E-state index in [9.17, 15) is 14.3 Å². The summed E-state index contributed by atoms with van der Waals surface area (Å²) in [5.41, 5.74) is 0.761. The van der Waals surface area contributed by atoms with Crippen molar-refractivity contribution in [3.05, 3.63) is 70.9 Å². The van der Waals surface area contributed by atoms with Crippen LogP contribution in [0, 0.1) is 5.82 Å². The molecule has 1 atom stereocenters. The van der Waals surface area contributed by atoms with E-state index < -0.39 is 6.10 Å². The van der Waals surface area contributed by atoms with Gasteiger partial charge in [-0.3, -0.25) is 9.79 Å². The van der Waals surface area contributed by atoms with Crippen molar-refractivity contribution in [1.82, 2.24) is 16.0 Å². The lowest BCUT2D eigenvalue weighted by Gasteiger charge is -2.13. The number of aliphatic hydroxyl groups excluding tert-OH is 1. The van der Waals surface area contributed by atoms with Gasteiger partial charge >= 0.3 is 0 Å². The third-order valence-electron chi connectivity index (χ3n) is 4.56. The normalized spacial score (nSPS) is 12.5. The molecule has 0 fully saturated rings. The topological polar surface area (TPSA) is 85.8 Å². The number of rotatable bonds is 9. The summed E-state index contributed by atoms with van der Waals surface area (Å²) < 4.78 is 14.1. The molecule has 3 rings (SSSR count).